The molecule has 2 aromatic carbocycles. The van der Waals surface area contributed by atoms with Gasteiger partial charge in [0.15, 0.2) is 0 Å². The van der Waals surface area contributed by atoms with E-state index in [0.29, 0.717) is 5.69 Å². The van der Waals surface area contributed by atoms with E-state index < -0.39 is 10.0 Å². The van der Waals surface area contributed by atoms with Gasteiger partial charge in [0.2, 0.25) is 10.0 Å². The van der Waals surface area contributed by atoms with Crippen molar-refractivity contribution in [2.75, 3.05) is 5.73 Å². The van der Waals surface area contributed by atoms with Crippen molar-refractivity contribution in [3.05, 3.63) is 59.6 Å². The summed E-state index contributed by atoms with van der Waals surface area (Å²) in [6, 6.07) is 15.1. The van der Waals surface area contributed by atoms with Crippen LogP contribution in [0.3, 0.4) is 0 Å². The molecule has 0 spiro atoms. The third-order valence-electron chi connectivity index (χ3n) is 1.94. The first-order valence-corrected chi connectivity index (χ1v) is 6.91. The molecule has 0 radical (unpaired) electrons. The molecule has 0 aromatic heterocycles. The molecule has 0 amide bonds. The Labute approximate surface area is 111 Å². The lowest BCUT2D eigenvalue weighted by Gasteiger charge is -1.96. The van der Waals surface area contributed by atoms with Crippen molar-refractivity contribution in [2.45, 2.75) is 4.90 Å². The van der Waals surface area contributed by atoms with Gasteiger partial charge in [-0.1, -0.05) is 29.8 Å². The summed E-state index contributed by atoms with van der Waals surface area (Å²) in [5.41, 5.74) is 5.85. The van der Waals surface area contributed by atoms with Crippen molar-refractivity contribution >= 4 is 27.3 Å². The molecule has 2 rings (SSSR count). The zero-order valence-corrected chi connectivity index (χ0v) is 11.0. The maximum Gasteiger partial charge on any atom is 0.238 e. The third-order valence-corrected chi connectivity index (χ3v) is 3.12. The Morgan fingerprint density at radius 2 is 1.39 bits per heavy atom. The Morgan fingerprint density at radius 3 is 1.72 bits per heavy atom. The largest absolute Gasteiger partial charge is 0.399 e. The number of hydrogen-bond donors (Lipinski definition) is 2. The van der Waals surface area contributed by atoms with Crippen LogP contribution in [0, 0.1) is 0 Å². The van der Waals surface area contributed by atoms with Crippen LogP contribution < -0.4 is 10.9 Å². The van der Waals surface area contributed by atoms with Crippen LogP contribution >= 0.6 is 11.6 Å². The molecule has 18 heavy (non-hydrogen) atoms. The quantitative estimate of drug-likeness (QED) is 0.788. The molecule has 0 fully saturated rings. The summed E-state index contributed by atoms with van der Waals surface area (Å²) in [5.74, 6) is 0. The zero-order chi connectivity index (χ0) is 13.6. The van der Waals surface area contributed by atoms with Crippen LogP contribution in [0.1, 0.15) is 0 Å². The highest BCUT2D eigenvalue weighted by atomic mass is 35.5. The van der Waals surface area contributed by atoms with Crippen LogP contribution in [-0.2, 0) is 10.0 Å². The maximum absolute atomic E-state index is 10.7. The Hall–Kier alpha value is -1.56. The Kier molecular flexibility index (Phi) is 5.15. The molecule has 0 aliphatic carbocycles. The van der Waals surface area contributed by atoms with Crippen LogP contribution in [-0.4, -0.2) is 8.42 Å². The average molecular weight is 285 g/mol. The van der Waals surface area contributed by atoms with Crippen molar-refractivity contribution in [3.8, 4) is 0 Å². The minimum absolute atomic E-state index is 0.0756. The van der Waals surface area contributed by atoms with E-state index in [1.54, 1.807) is 0 Å². The van der Waals surface area contributed by atoms with E-state index in [0.717, 1.165) is 5.02 Å². The molecular weight excluding hydrogens is 272 g/mol. The van der Waals surface area contributed by atoms with Crippen LogP contribution in [0.2, 0.25) is 5.02 Å². The molecule has 0 atom stereocenters. The van der Waals surface area contributed by atoms with Crippen molar-refractivity contribution in [2.24, 2.45) is 5.14 Å². The normalized spacial score (nSPS) is 10.3. The highest BCUT2D eigenvalue weighted by molar-refractivity contribution is 7.89. The molecule has 6 heteroatoms. The number of nitrogen functional groups attached to an aromatic ring is 1. The van der Waals surface area contributed by atoms with Crippen molar-refractivity contribution in [1.29, 1.82) is 0 Å². The van der Waals surface area contributed by atoms with Crippen LogP contribution in [0.4, 0.5) is 5.69 Å². The minimum atomic E-state index is -3.58. The Morgan fingerprint density at radius 1 is 0.889 bits per heavy atom. The standard InChI is InChI=1S/C6H5Cl.C6H8N2O2S/c7-6-4-2-1-3-5-6;7-5-1-3-6(4-2-5)11(8,9)10/h1-5H;1-4H,7H2,(H2,8,9,10). The third kappa shape index (κ3) is 5.18. The van der Waals surface area contributed by atoms with Gasteiger partial charge < -0.3 is 5.73 Å². The number of rotatable bonds is 1. The van der Waals surface area contributed by atoms with E-state index in [4.69, 9.17) is 22.5 Å². The fourth-order valence-electron chi connectivity index (χ4n) is 1.07. The molecular formula is C12H13ClN2O2S. The van der Waals surface area contributed by atoms with Crippen molar-refractivity contribution in [1.82, 2.24) is 0 Å². The molecule has 0 saturated carbocycles. The molecule has 96 valence electrons. The summed E-state index contributed by atoms with van der Waals surface area (Å²) >= 11 is 5.54. The van der Waals surface area contributed by atoms with Gasteiger partial charge >= 0.3 is 0 Å². The van der Waals surface area contributed by atoms with E-state index in [1.165, 1.54) is 24.3 Å². The van der Waals surface area contributed by atoms with E-state index in [1.807, 2.05) is 30.3 Å². The first kappa shape index (κ1) is 14.5. The monoisotopic (exact) mass is 284 g/mol. The summed E-state index contributed by atoms with van der Waals surface area (Å²) in [5, 5.41) is 5.63. The van der Waals surface area contributed by atoms with Gasteiger partial charge in [-0.05, 0) is 36.4 Å². The minimum Gasteiger partial charge on any atom is -0.399 e. The SMILES string of the molecule is Clc1ccccc1.Nc1ccc(S(N)(=O)=O)cc1. The highest BCUT2D eigenvalue weighted by Gasteiger charge is 2.04. The van der Waals surface area contributed by atoms with Crippen molar-refractivity contribution in [3.63, 3.8) is 0 Å². The van der Waals surface area contributed by atoms with Crippen LogP contribution in [0.25, 0.3) is 0 Å². The van der Waals surface area contributed by atoms with E-state index in [2.05, 4.69) is 0 Å². The smallest absolute Gasteiger partial charge is 0.238 e. The summed E-state index contributed by atoms with van der Waals surface area (Å²) in [6.07, 6.45) is 0. The second-order valence-corrected chi connectivity index (χ2v) is 5.41. The van der Waals surface area contributed by atoms with Gasteiger partial charge in [0.05, 0.1) is 4.90 Å². The van der Waals surface area contributed by atoms with Crippen LogP contribution in [0.5, 0.6) is 0 Å². The summed E-state index contributed by atoms with van der Waals surface area (Å²) < 4.78 is 21.4. The van der Waals surface area contributed by atoms with Gasteiger partial charge in [-0.3, -0.25) is 0 Å². The number of nitrogens with two attached hydrogens (primary N) is 2. The fourth-order valence-corrected chi connectivity index (χ4v) is 1.73. The average Bonchev–Trinajstić information content (AvgIpc) is 2.30. The van der Waals surface area contributed by atoms with Gasteiger partial charge in [-0.15, -0.1) is 0 Å². The van der Waals surface area contributed by atoms with E-state index >= 15 is 0 Å². The second-order valence-electron chi connectivity index (χ2n) is 3.41. The highest BCUT2D eigenvalue weighted by Crippen LogP contribution is 2.08. The molecule has 2 aromatic rings. The maximum atomic E-state index is 10.7. The predicted octanol–water partition coefficient (Wildman–Crippen LogP) is 2.26. The first-order chi connectivity index (χ1) is 8.39. The number of primary sulfonamides is 1. The molecule has 0 unspecified atom stereocenters. The van der Waals surface area contributed by atoms with Gasteiger partial charge in [-0.2, -0.15) is 0 Å². The molecule has 0 saturated heterocycles. The molecule has 4 N–H and O–H groups in total. The number of anilines is 1. The van der Waals surface area contributed by atoms with Gasteiger partial charge in [-0.25, -0.2) is 13.6 Å². The first-order valence-electron chi connectivity index (χ1n) is 4.98. The topological polar surface area (TPSA) is 86.2 Å². The van der Waals surface area contributed by atoms with Gasteiger partial charge in [0, 0.05) is 10.7 Å². The second kappa shape index (κ2) is 6.39. The van der Waals surface area contributed by atoms with Crippen molar-refractivity contribution < 1.29 is 8.42 Å². The number of sulfonamides is 1. The zero-order valence-electron chi connectivity index (χ0n) is 9.45. The molecule has 4 nitrogen and oxygen atoms in total. The number of hydrogen-bond acceptors (Lipinski definition) is 3. The molecule has 0 bridgehead atoms. The molecule has 0 heterocycles. The Bertz CT molecular complexity index is 583. The van der Waals surface area contributed by atoms with Crippen LogP contribution in [0.15, 0.2) is 59.5 Å². The fraction of sp³-hybridized carbons (Fsp3) is 0. The predicted molar refractivity (Wildman–Crippen MR) is 73.7 cm³/mol. The number of benzene rings is 2. The van der Waals surface area contributed by atoms with E-state index in [-0.39, 0.29) is 4.90 Å². The van der Waals surface area contributed by atoms with Gasteiger partial charge in [0.25, 0.3) is 0 Å². The lowest BCUT2D eigenvalue weighted by molar-refractivity contribution is 0.598. The lowest BCUT2D eigenvalue weighted by atomic mass is 10.3. The van der Waals surface area contributed by atoms with Gasteiger partial charge in [0.1, 0.15) is 0 Å². The number of halogens is 1. The summed E-state index contributed by atoms with van der Waals surface area (Å²) in [7, 11) is -3.58. The summed E-state index contributed by atoms with van der Waals surface area (Å²) in [4.78, 5) is 0.0756. The molecule has 0 aliphatic heterocycles. The molecule has 0 aliphatic rings. The summed E-state index contributed by atoms with van der Waals surface area (Å²) in [6.45, 7) is 0. The Balaban J connectivity index is 0.000000199. The van der Waals surface area contributed by atoms with E-state index in [9.17, 15) is 8.42 Å². The lowest BCUT2D eigenvalue weighted by Crippen LogP contribution is -2.11.